The number of rotatable bonds is 2. The molecule has 2 aliphatic heterocycles. The van der Waals surface area contributed by atoms with Crippen LogP contribution in [0.1, 0.15) is 24.8 Å². The number of benzene rings is 1. The van der Waals surface area contributed by atoms with Crippen LogP contribution in [-0.4, -0.2) is 12.1 Å². The second-order valence-corrected chi connectivity index (χ2v) is 4.56. The number of amides is 1. The molecule has 17 heavy (non-hydrogen) atoms. The topological polar surface area (TPSA) is 53.2 Å². The van der Waals surface area contributed by atoms with Crippen molar-refractivity contribution in [3.05, 3.63) is 30.4 Å². The minimum atomic E-state index is -0.0597. The summed E-state index contributed by atoms with van der Waals surface area (Å²) in [6.45, 7) is 5.66. The monoisotopic (exact) mass is 229 g/mol. The molecule has 88 valence electrons. The van der Waals surface area contributed by atoms with Gasteiger partial charge in [-0.15, -0.1) is 6.58 Å². The standard InChI is InChI=1S/C13H15N3O/c1-3-4-12-14-10-5-8-7(2)13(17)16-9(8)6-11(10)15-12/h3,5-7,12,14-15H,1,4H2,2H3,(H,16,17). The Hall–Kier alpha value is -1.97. The molecule has 2 atom stereocenters. The molecule has 3 N–H and O–H groups in total. The number of anilines is 3. The van der Waals surface area contributed by atoms with E-state index in [9.17, 15) is 4.79 Å². The smallest absolute Gasteiger partial charge is 0.231 e. The highest BCUT2D eigenvalue weighted by atomic mass is 16.2. The van der Waals surface area contributed by atoms with Crippen molar-refractivity contribution >= 4 is 23.0 Å². The van der Waals surface area contributed by atoms with E-state index in [1.807, 2.05) is 19.1 Å². The lowest BCUT2D eigenvalue weighted by molar-refractivity contribution is -0.116. The SMILES string of the molecule is C=CCC1Nc2cc3c(cc2N1)C(C)C(=O)N3. The average molecular weight is 229 g/mol. The third kappa shape index (κ3) is 1.48. The minimum absolute atomic E-state index is 0.0597. The van der Waals surface area contributed by atoms with E-state index in [1.165, 1.54) is 0 Å². The van der Waals surface area contributed by atoms with Crippen molar-refractivity contribution in [1.29, 1.82) is 0 Å². The van der Waals surface area contributed by atoms with Crippen LogP contribution >= 0.6 is 0 Å². The first-order valence-electron chi connectivity index (χ1n) is 5.82. The van der Waals surface area contributed by atoms with Crippen molar-refractivity contribution in [3.8, 4) is 0 Å². The fourth-order valence-corrected chi connectivity index (χ4v) is 2.40. The molecule has 0 fully saturated rings. The van der Waals surface area contributed by atoms with Crippen LogP contribution in [0.15, 0.2) is 24.8 Å². The maximum atomic E-state index is 11.6. The van der Waals surface area contributed by atoms with E-state index in [0.29, 0.717) is 0 Å². The van der Waals surface area contributed by atoms with Crippen LogP contribution in [0.25, 0.3) is 0 Å². The zero-order valence-electron chi connectivity index (χ0n) is 9.71. The molecule has 0 saturated carbocycles. The fraction of sp³-hybridized carbons (Fsp3) is 0.308. The summed E-state index contributed by atoms with van der Waals surface area (Å²) in [5.41, 5.74) is 4.11. The lowest BCUT2D eigenvalue weighted by Crippen LogP contribution is -2.20. The molecule has 0 bridgehead atoms. The van der Waals surface area contributed by atoms with Crippen molar-refractivity contribution in [2.24, 2.45) is 0 Å². The summed E-state index contributed by atoms with van der Waals surface area (Å²) in [6, 6.07) is 4.06. The Balaban J connectivity index is 1.95. The van der Waals surface area contributed by atoms with Crippen molar-refractivity contribution < 1.29 is 4.79 Å². The quantitative estimate of drug-likeness (QED) is 0.683. The lowest BCUT2D eigenvalue weighted by Gasteiger charge is -2.08. The Labute approximate surface area is 100 Å². The van der Waals surface area contributed by atoms with E-state index in [4.69, 9.17) is 0 Å². The van der Waals surface area contributed by atoms with Gasteiger partial charge in [-0.1, -0.05) is 6.08 Å². The Morgan fingerprint density at radius 3 is 2.71 bits per heavy atom. The maximum Gasteiger partial charge on any atom is 0.231 e. The van der Waals surface area contributed by atoms with Crippen molar-refractivity contribution in [2.75, 3.05) is 16.0 Å². The molecule has 0 aromatic heterocycles. The summed E-state index contributed by atoms with van der Waals surface area (Å²) in [5.74, 6) is 0.0156. The highest BCUT2D eigenvalue weighted by molar-refractivity contribution is 6.04. The molecule has 0 saturated heterocycles. The molecule has 0 radical (unpaired) electrons. The van der Waals surface area contributed by atoms with Gasteiger partial charge >= 0.3 is 0 Å². The average Bonchev–Trinajstić information content (AvgIpc) is 2.79. The van der Waals surface area contributed by atoms with Gasteiger partial charge in [-0.3, -0.25) is 4.79 Å². The Kier molecular flexibility index (Phi) is 2.11. The molecule has 1 amide bonds. The number of carbonyl (C=O) groups excluding carboxylic acids is 1. The molecule has 0 aliphatic carbocycles. The molecule has 3 rings (SSSR count). The fourth-order valence-electron chi connectivity index (χ4n) is 2.40. The van der Waals surface area contributed by atoms with Gasteiger partial charge < -0.3 is 16.0 Å². The van der Waals surface area contributed by atoms with E-state index >= 15 is 0 Å². The van der Waals surface area contributed by atoms with E-state index in [-0.39, 0.29) is 18.0 Å². The van der Waals surface area contributed by atoms with E-state index in [2.05, 4.69) is 28.6 Å². The van der Waals surface area contributed by atoms with Gasteiger partial charge in [-0.25, -0.2) is 0 Å². The largest absolute Gasteiger partial charge is 0.363 e. The molecule has 2 aliphatic rings. The maximum absolute atomic E-state index is 11.6. The van der Waals surface area contributed by atoms with Crippen LogP contribution in [-0.2, 0) is 4.79 Å². The van der Waals surface area contributed by atoms with E-state index < -0.39 is 0 Å². The van der Waals surface area contributed by atoms with Gasteiger partial charge in [0.25, 0.3) is 0 Å². The van der Waals surface area contributed by atoms with Gasteiger partial charge in [-0.05, 0) is 24.6 Å². The molecule has 1 aromatic rings. The zero-order valence-corrected chi connectivity index (χ0v) is 9.71. The second-order valence-electron chi connectivity index (χ2n) is 4.56. The Morgan fingerprint density at radius 1 is 1.29 bits per heavy atom. The van der Waals surface area contributed by atoms with Gasteiger partial charge in [0.05, 0.1) is 23.5 Å². The van der Waals surface area contributed by atoms with Crippen molar-refractivity contribution in [3.63, 3.8) is 0 Å². The van der Waals surface area contributed by atoms with Crippen LogP contribution in [0.3, 0.4) is 0 Å². The summed E-state index contributed by atoms with van der Waals surface area (Å²) >= 11 is 0. The third-order valence-corrected chi connectivity index (χ3v) is 3.37. The summed E-state index contributed by atoms with van der Waals surface area (Å²) in [7, 11) is 0. The van der Waals surface area contributed by atoms with Gasteiger partial charge in [0, 0.05) is 12.1 Å². The van der Waals surface area contributed by atoms with Crippen molar-refractivity contribution in [1.82, 2.24) is 0 Å². The first-order valence-corrected chi connectivity index (χ1v) is 5.82. The molecule has 4 nitrogen and oxygen atoms in total. The molecule has 2 heterocycles. The van der Waals surface area contributed by atoms with Crippen molar-refractivity contribution in [2.45, 2.75) is 25.4 Å². The summed E-state index contributed by atoms with van der Waals surface area (Å²) in [5, 5.41) is 9.64. The number of nitrogens with one attached hydrogen (secondary N) is 3. The van der Waals surface area contributed by atoms with Crippen LogP contribution in [0.2, 0.25) is 0 Å². The predicted octanol–water partition coefficient (Wildman–Crippen LogP) is 2.48. The second kappa shape index (κ2) is 3.52. The zero-order chi connectivity index (χ0) is 12.0. The van der Waals surface area contributed by atoms with Crippen LogP contribution in [0, 0.1) is 0 Å². The molecule has 2 unspecified atom stereocenters. The van der Waals surface area contributed by atoms with E-state index in [1.54, 1.807) is 0 Å². The molecular weight excluding hydrogens is 214 g/mol. The summed E-state index contributed by atoms with van der Waals surface area (Å²) < 4.78 is 0. The summed E-state index contributed by atoms with van der Waals surface area (Å²) in [4.78, 5) is 11.6. The third-order valence-electron chi connectivity index (χ3n) is 3.37. The predicted molar refractivity (Wildman–Crippen MR) is 69.3 cm³/mol. The number of fused-ring (bicyclic) bond motifs is 2. The lowest BCUT2D eigenvalue weighted by atomic mass is 10.0. The van der Waals surface area contributed by atoms with Gasteiger partial charge in [-0.2, -0.15) is 0 Å². The van der Waals surface area contributed by atoms with Gasteiger partial charge in [0.2, 0.25) is 5.91 Å². The first-order chi connectivity index (χ1) is 8.19. The van der Waals surface area contributed by atoms with Gasteiger partial charge in [0.15, 0.2) is 0 Å². The first kappa shape index (κ1) is 10.2. The van der Waals surface area contributed by atoms with Crippen LogP contribution < -0.4 is 16.0 Å². The Morgan fingerprint density at radius 2 is 2.00 bits per heavy atom. The minimum Gasteiger partial charge on any atom is -0.363 e. The molecule has 1 aromatic carbocycles. The molecular formula is C13H15N3O. The molecule has 0 spiro atoms. The number of carbonyl (C=O) groups is 1. The Bertz CT molecular complexity index is 510. The molecule has 4 heteroatoms. The van der Waals surface area contributed by atoms with Crippen LogP contribution in [0.5, 0.6) is 0 Å². The van der Waals surface area contributed by atoms with E-state index in [0.717, 1.165) is 29.0 Å². The van der Waals surface area contributed by atoms with Crippen LogP contribution in [0.4, 0.5) is 17.1 Å². The highest BCUT2D eigenvalue weighted by Gasteiger charge is 2.30. The number of hydrogen-bond acceptors (Lipinski definition) is 3. The number of hydrogen-bond donors (Lipinski definition) is 3. The highest BCUT2D eigenvalue weighted by Crippen LogP contribution is 2.41. The normalized spacial score (nSPS) is 24.4. The summed E-state index contributed by atoms with van der Waals surface area (Å²) in [6.07, 6.45) is 2.95. The van der Waals surface area contributed by atoms with Gasteiger partial charge in [0.1, 0.15) is 0 Å².